The molecule has 0 spiro atoms. The molecule has 0 fully saturated rings. The number of nitrogens with zero attached hydrogens (tertiary/aromatic N) is 5. The summed E-state index contributed by atoms with van der Waals surface area (Å²) in [6.45, 7) is 4.27. The number of fused-ring (bicyclic) bond motifs is 4. The molecule has 0 aliphatic carbocycles. The number of rotatable bonds is 4. The van der Waals surface area contributed by atoms with E-state index in [1.165, 1.54) is 0 Å². The molecule has 0 amide bonds. The van der Waals surface area contributed by atoms with E-state index in [2.05, 4.69) is 38.7 Å². The lowest BCUT2D eigenvalue weighted by Gasteiger charge is -2.11. The van der Waals surface area contributed by atoms with Gasteiger partial charge in [-0.15, -0.1) is 0 Å². The quantitative estimate of drug-likeness (QED) is 0.477. The average Bonchev–Trinajstić information content (AvgIpc) is 3.18. The molecule has 0 atom stereocenters. The molecular weight excluding hydrogens is 364 g/mol. The number of pyridine rings is 1. The molecule has 0 aliphatic heterocycles. The molecule has 0 bridgehead atoms. The summed E-state index contributed by atoms with van der Waals surface area (Å²) in [6.07, 6.45) is 3.71. The summed E-state index contributed by atoms with van der Waals surface area (Å²) in [4.78, 5) is 18.3. The van der Waals surface area contributed by atoms with Crippen molar-refractivity contribution in [2.24, 2.45) is 0 Å². The lowest BCUT2D eigenvalue weighted by Crippen LogP contribution is -2.01. The fraction of sp³-hybridized carbons (Fsp3) is 0.182. The van der Waals surface area contributed by atoms with Gasteiger partial charge in [-0.1, -0.05) is 0 Å². The maximum Gasteiger partial charge on any atom is 0.227 e. The SMILES string of the molecule is COc1ccc2cc(Nc3ncc4ccc5ncn(C(C)C)c5c4n3)ccc2n1. The minimum absolute atomic E-state index is 0.293. The first kappa shape index (κ1) is 17.4. The second kappa shape index (κ2) is 6.70. The van der Waals surface area contributed by atoms with Gasteiger partial charge in [-0.25, -0.2) is 19.9 Å². The van der Waals surface area contributed by atoms with Crippen LogP contribution in [-0.2, 0) is 0 Å². The van der Waals surface area contributed by atoms with Gasteiger partial charge in [-0.05, 0) is 50.2 Å². The van der Waals surface area contributed by atoms with Gasteiger partial charge in [0.05, 0.1) is 30.0 Å². The van der Waals surface area contributed by atoms with E-state index in [1.807, 2.05) is 55.0 Å². The summed E-state index contributed by atoms with van der Waals surface area (Å²) in [7, 11) is 1.61. The third-order valence-electron chi connectivity index (χ3n) is 4.97. The van der Waals surface area contributed by atoms with E-state index in [0.29, 0.717) is 17.9 Å². The highest BCUT2D eigenvalue weighted by atomic mass is 16.5. The van der Waals surface area contributed by atoms with Crippen LogP contribution in [-0.4, -0.2) is 31.6 Å². The van der Waals surface area contributed by atoms with Gasteiger partial charge in [0, 0.05) is 34.8 Å². The summed E-state index contributed by atoms with van der Waals surface area (Å²) >= 11 is 0. The second-order valence-corrected chi connectivity index (χ2v) is 7.20. The standard InChI is InChI=1S/C22H20N6O/c1-13(2)28-12-24-18-7-4-15-11-23-22(27-20(15)21(18)28)25-16-6-8-17-14(10-16)5-9-19(26-17)29-3/h4-13H,1-3H3,(H,23,25,27). The van der Waals surface area contributed by atoms with E-state index in [1.54, 1.807) is 7.11 Å². The Morgan fingerprint density at radius 1 is 0.931 bits per heavy atom. The van der Waals surface area contributed by atoms with Gasteiger partial charge in [0.25, 0.3) is 0 Å². The average molecular weight is 384 g/mol. The van der Waals surface area contributed by atoms with Gasteiger partial charge < -0.3 is 14.6 Å². The van der Waals surface area contributed by atoms with Crippen molar-refractivity contribution in [1.82, 2.24) is 24.5 Å². The van der Waals surface area contributed by atoms with Crippen LogP contribution in [0.3, 0.4) is 0 Å². The van der Waals surface area contributed by atoms with E-state index < -0.39 is 0 Å². The second-order valence-electron chi connectivity index (χ2n) is 7.20. The summed E-state index contributed by atoms with van der Waals surface area (Å²) in [5.41, 5.74) is 4.61. The van der Waals surface area contributed by atoms with E-state index in [4.69, 9.17) is 9.72 Å². The lowest BCUT2D eigenvalue weighted by atomic mass is 10.2. The Morgan fingerprint density at radius 3 is 2.59 bits per heavy atom. The van der Waals surface area contributed by atoms with Crippen LogP contribution in [0.15, 0.2) is 55.0 Å². The monoisotopic (exact) mass is 384 g/mol. The topological polar surface area (TPSA) is 77.8 Å². The molecule has 0 aliphatic rings. The first-order chi connectivity index (χ1) is 14.1. The number of benzene rings is 2. The maximum absolute atomic E-state index is 5.19. The fourth-order valence-corrected chi connectivity index (χ4v) is 3.49. The van der Waals surface area contributed by atoms with E-state index >= 15 is 0 Å². The van der Waals surface area contributed by atoms with Crippen LogP contribution >= 0.6 is 0 Å². The predicted molar refractivity (Wildman–Crippen MR) is 115 cm³/mol. The molecule has 3 aromatic heterocycles. The fourth-order valence-electron chi connectivity index (χ4n) is 3.49. The normalized spacial score (nSPS) is 11.6. The van der Waals surface area contributed by atoms with Crippen LogP contribution in [0.1, 0.15) is 19.9 Å². The van der Waals surface area contributed by atoms with Crippen molar-refractivity contribution in [3.8, 4) is 5.88 Å². The summed E-state index contributed by atoms with van der Waals surface area (Å²) < 4.78 is 7.33. The smallest absolute Gasteiger partial charge is 0.227 e. The Morgan fingerprint density at radius 2 is 1.76 bits per heavy atom. The van der Waals surface area contributed by atoms with Crippen LogP contribution in [0, 0.1) is 0 Å². The molecule has 3 heterocycles. The van der Waals surface area contributed by atoms with Crippen LogP contribution < -0.4 is 10.1 Å². The number of imidazole rings is 1. The third kappa shape index (κ3) is 3.00. The molecule has 2 aromatic carbocycles. The zero-order valence-corrected chi connectivity index (χ0v) is 16.4. The van der Waals surface area contributed by atoms with Crippen LogP contribution in [0.2, 0.25) is 0 Å². The first-order valence-electron chi connectivity index (χ1n) is 9.46. The molecule has 5 rings (SSSR count). The Hall–Kier alpha value is -3.74. The number of aromatic nitrogens is 5. The zero-order valence-electron chi connectivity index (χ0n) is 16.4. The minimum Gasteiger partial charge on any atom is -0.481 e. The number of hydrogen-bond acceptors (Lipinski definition) is 6. The zero-order chi connectivity index (χ0) is 20.0. The summed E-state index contributed by atoms with van der Waals surface area (Å²) in [6, 6.07) is 14.1. The number of methoxy groups -OCH3 is 1. The van der Waals surface area contributed by atoms with Crippen molar-refractivity contribution in [1.29, 1.82) is 0 Å². The minimum atomic E-state index is 0.293. The molecule has 0 saturated heterocycles. The molecule has 7 nitrogen and oxygen atoms in total. The third-order valence-corrected chi connectivity index (χ3v) is 4.97. The van der Waals surface area contributed by atoms with Gasteiger partial charge >= 0.3 is 0 Å². The van der Waals surface area contributed by atoms with E-state index in [-0.39, 0.29) is 0 Å². The summed E-state index contributed by atoms with van der Waals surface area (Å²) in [5.74, 6) is 1.14. The first-order valence-corrected chi connectivity index (χ1v) is 9.46. The molecule has 5 aromatic rings. The van der Waals surface area contributed by atoms with Crippen molar-refractivity contribution in [2.75, 3.05) is 12.4 Å². The number of nitrogens with one attached hydrogen (secondary N) is 1. The molecule has 0 saturated carbocycles. The van der Waals surface area contributed by atoms with Crippen molar-refractivity contribution >= 4 is 44.5 Å². The highest BCUT2D eigenvalue weighted by Crippen LogP contribution is 2.27. The van der Waals surface area contributed by atoms with Crippen molar-refractivity contribution < 1.29 is 4.74 Å². The van der Waals surface area contributed by atoms with Gasteiger partial charge in [0.1, 0.15) is 5.52 Å². The van der Waals surface area contributed by atoms with E-state index in [9.17, 15) is 0 Å². The Labute approximate surface area is 167 Å². The molecule has 7 heteroatoms. The van der Waals surface area contributed by atoms with E-state index in [0.717, 1.165) is 38.5 Å². The highest BCUT2D eigenvalue weighted by Gasteiger charge is 2.12. The molecule has 0 unspecified atom stereocenters. The van der Waals surface area contributed by atoms with Gasteiger partial charge in [0.2, 0.25) is 11.8 Å². The van der Waals surface area contributed by atoms with Gasteiger partial charge in [-0.3, -0.25) is 0 Å². The van der Waals surface area contributed by atoms with Crippen LogP contribution in [0.25, 0.3) is 32.8 Å². The van der Waals surface area contributed by atoms with Gasteiger partial charge in [-0.2, -0.15) is 0 Å². The van der Waals surface area contributed by atoms with Gasteiger partial charge in [0.15, 0.2) is 0 Å². The van der Waals surface area contributed by atoms with Crippen LogP contribution in [0.4, 0.5) is 11.6 Å². The maximum atomic E-state index is 5.19. The van der Waals surface area contributed by atoms with Crippen molar-refractivity contribution in [3.63, 3.8) is 0 Å². The Kier molecular flexibility index (Phi) is 4.01. The largest absolute Gasteiger partial charge is 0.481 e. The molecule has 29 heavy (non-hydrogen) atoms. The molecule has 144 valence electrons. The molecule has 1 N–H and O–H groups in total. The predicted octanol–water partition coefficient (Wildman–Crippen LogP) is 4.86. The Bertz CT molecular complexity index is 1360. The van der Waals surface area contributed by atoms with Crippen LogP contribution in [0.5, 0.6) is 5.88 Å². The number of anilines is 2. The summed E-state index contributed by atoms with van der Waals surface area (Å²) in [5, 5.41) is 5.31. The van der Waals surface area contributed by atoms with Crippen molar-refractivity contribution in [3.05, 3.63) is 55.0 Å². The highest BCUT2D eigenvalue weighted by molar-refractivity contribution is 6.02. The molecular formula is C22H20N6O. The number of hydrogen-bond donors (Lipinski definition) is 1. The molecule has 0 radical (unpaired) electrons. The number of ether oxygens (including phenoxy) is 1. The van der Waals surface area contributed by atoms with Crippen molar-refractivity contribution in [2.45, 2.75) is 19.9 Å². The lowest BCUT2D eigenvalue weighted by molar-refractivity contribution is 0.399. The Balaban J connectivity index is 1.57.